The van der Waals surface area contributed by atoms with E-state index in [1.807, 2.05) is 0 Å². The molecule has 2 heterocycles. The third-order valence-corrected chi connectivity index (χ3v) is 4.63. The van der Waals surface area contributed by atoms with Gasteiger partial charge in [-0.25, -0.2) is 4.98 Å². The van der Waals surface area contributed by atoms with Gasteiger partial charge >= 0.3 is 5.97 Å². The molecule has 0 aromatic carbocycles. The minimum atomic E-state index is -0.194. The molecule has 1 atom stereocenters. The van der Waals surface area contributed by atoms with Gasteiger partial charge in [0.05, 0.1) is 24.7 Å². The molecule has 1 N–H and O–H groups in total. The molecule has 0 radical (unpaired) electrons. The molecule has 1 aliphatic carbocycles. The topological polar surface area (TPSA) is 72.0 Å². The minimum absolute atomic E-state index is 0.0908. The summed E-state index contributed by atoms with van der Waals surface area (Å²) in [5.74, 6) is -0.104. The number of fused-ring (bicyclic) bond motifs is 3. The van der Waals surface area contributed by atoms with Crippen molar-refractivity contribution in [1.29, 1.82) is 0 Å². The van der Waals surface area contributed by atoms with Gasteiger partial charge in [0.25, 0.3) is 5.56 Å². The average molecular weight is 278 g/mol. The molecule has 0 unspecified atom stereocenters. The molecule has 2 aromatic heterocycles. The van der Waals surface area contributed by atoms with E-state index in [2.05, 4.69) is 9.97 Å². The van der Waals surface area contributed by atoms with E-state index in [1.165, 1.54) is 11.2 Å². The molecule has 5 nitrogen and oxygen atoms in total. The Balaban J connectivity index is 2.01. The van der Waals surface area contributed by atoms with E-state index in [4.69, 9.17) is 4.74 Å². The van der Waals surface area contributed by atoms with E-state index in [0.717, 1.165) is 23.2 Å². The van der Waals surface area contributed by atoms with Gasteiger partial charge in [-0.15, -0.1) is 11.3 Å². The van der Waals surface area contributed by atoms with Crippen LogP contribution in [0.5, 0.6) is 0 Å². The van der Waals surface area contributed by atoms with Gasteiger partial charge in [-0.3, -0.25) is 9.59 Å². The second kappa shape index (κ2) is 4.77. The van der Waals surface area contributed by atoms with Crippen molar-refractivity contribution < 1.29 is 9.53 Å². The van der Waals surface area contributed by atoms with Crippen molar-refractivity contribution in [3.05, 3.63) is 27.1 Å². The van der Waals surface area contributed by atoms with Crippen molar-refractivity contribution in [3.63, 3.8) is 0 Å². The molecule has 0 aliphatic heterocycles. The highest BCUT2D eigenvalue weighted by Gasteiger charge is 2.30. The van der Waals surface area contributed by atoms with Gasteiger partial charge < -0.3 is 9.72 Å². The van der Waals surface area contributed by atoms with Gasteiger partial charge in [-0.1, -0.05) is 0 Å². The van der Waals surface area contributed by atoms with E-state index in [-0.39, 0.29) is 17.4 Å². The average Bonchev–Trinajstić information content (AvgIpc) is 2.90. The minimum Gasteiger partial charge on any atom is -0.466 e. The maximum absolute atomic E-state index is 12.0. The van der Waals surface area contributed by atoms with Crippen LogP contribution >= 0.6 is 11.3 Å². The Bertz CT molecular complexity index is 689. The van der Waals surface area contributed by atoms with Gasteiger partial charge in [0, 0.05) is 4.88 Å². The van der Waals surface area contributed by atoms with E-state index in [0.29, 0.717) is 18.4 Å². The quantitative estimate of drug-likeness (QED) is 0.871. The molecule has 3 rings (SSSR count). The molecule has 0 fully saturated rings. The summed E-state index contributed by atoms with van der Waals surface area (Å²) in [6, 6.07) is 0. The van der Waals surface area contributed by atoms with Gasteiger partial charge in [0.2, 0.25) is 0 Å². The lowest BCUT2D eigenvalue weighted by Gasteiger charge is -2.09. The van der Waals surface area contributed by atoms with Gasteiger partial charge in [0.15, 0.2) is 0 Å². The summed E-state index contributed by atoms with van der Waals surface area (Å²) in [6.45, 7) is 2.19. The van der Waals surface area contributed by atoms with Crippen molar-refractivity contribution in [1.82, 2.24) is 9.97 Å². The number of hydrogen-bond donors (Lipinski definition) is 1. The first-order chi connectivity index (χ1) is 9.20. The largest absolute Gasteiger partial charge is 0.466 e. The third-order valence-electron chi connectivity index (χ3n) is 3.45. The third kappa shape index (κ3) is 2.06. The maximum atomic E-state index is 12.0. The second-order valence-electron chi connectivity index (χ2n) is 4.60. The van der Waals surface area contributed by atoms with Crippen LogP contribution < -0.4 is 5.56 Å². The fraction of sp³-hybridized carbons (Fsp3) is 0.462. The van der Waals surface area contributed by atoms with Crippen LogP contribution in [0, 0.1) is 0 Å². The highest BCUT2D eigenvalue weighted by atomic mass is 32.1. The van der Waals surface area contributed by atoms with Crippen LogP contribution in [0.2, 0.25) is 0 Å². The predicted octanol–water partition coefficient (Wildman–Crippen LogP) is 1.97. The number of aromatic amines is 1. The van der Waals surface area contributed by atoms with Crippen LogP contribution in [-0.4, -0.2) is 22.5 Å². The number of aryl methyl sites for hydroxylation is 1. The zero-order valence-electron chi connectivity index (χ0n) is 10.6. The van der Waals surface area contributed by atoms with E-state index in [1.54, 1.807) is 18.3 Å². The van der Waals surface area contributed by atoms with E-state index in [9.17, 15) is 9.59 Å². The van der Waals surface area contributed by atoms with Crippen LogP contribution in [0.15, 0.2) is 11.1 Å². The van der Waals surface area contributed by atoms with E-state index < -0.39 is 0 Å². The number of rotatable bonds is 3. The molecule has 0 bridgehead atoms. The number of thiophene rings is 1. The van der Waals surface area contributed by atoms with Crippen LogP contribution in [0.25, 0.3) is 10.2 Å². The Kier molecular flexibility index (Phi) is 3.10. The Labute approximate surface area is 113 Å². The summed E-state index contributed by atoms with van der Waals surface area (Å²) in [4.78, 5) is 32.4. The number of H-pyrrole nitrogens is 1. The lowest BCUT2D eigenvalue weighted by Crippen LogP contribution is -2.11. The normalized spacial score (nSPS) is 17.6. The number of aromatic nitrogens is 2. The molecule has 0 amide bonds. The monoisotopic (exact) mass is 278 g/mol. The summed E-state index contributed by atoms with van der Waals surface area (Å²) < 4.78 is 5.00. The number of esters is 1. The zero-order valence-corrected chi connectivity index (χ0v) is 11.4. The van der Waals surface area contributed by atoms with Crippen molar-refractivity contribution in [2.24, 2.45) is 0 Å². The van der Waals surface area contributed by atoms with Crippen molar-refractivity contribution in [2.45, 2.75) is 32.1 Å². The van der Waals surface area contributed by atoms with Crippen molar-refractivity contribution >= 4 is 27.5 Å². The lowest BCUT2D eigenvalue weighted by atomic mass is 9.98. The zero-order chi connectivity index (χ0) is 13.4. The number of carbonyl (C=O) groups excluding carboxylic acids is 1. The number of hydrogen-bond acceptors (Lipinski definition) is 5. The molecule has 100 valence electrons. The fourth-order valence-corrected chi connectivity index (χ4v) is 3.94. The van der Waals surface area contributed by atoms with Gasteiger partial charge in [0.1, 0.15) is 4.83 Å². The highest BCUT2D eigenvalue weighted by Crippen LogP contribution is 2.43. The molecule has 0 saturated heterocycles. The fourth-order valence-electron chi connectivity index (χ4n) is 2.70. The summed E-state index contributed by atoms with van der Waals surface area (Å²) in [7, 11) is 0. The first-order valence-corrected chi connectivity index (χ1v) is 7.17. The number of ether oxygens (including phenoxy) is 1. The Morgan fingerprint density at radius 1 is 1.63 bits per heavy atom. The second-order valence-corrected chi connectivity index (χ2v) is 5.68. The van der Waals surface area contributed by atoms with Crippen LogP contribution in [-0.2, 0) is 16.0 Å². The molecule has 2 aromatic rings. The summed E-state index contributed by atoms with van der Waals surface area (Å²) in [5, 5.41) is 0.661. The summed E-state index contributed by atoms with van der Waals surface area (Å²) in [6.07, 6.45) is 3.60. The van der Waals surface area contributed by atoms with Crippen LogP contribution in [0.3, 0.4) is 0 Å². The molecule has 0 saturated carbocycles. The van der Waals surface area contributed by atoms with Gasteiger partial charge in [-0.05, 0) is 31.2 Å². The van der Waals surface area contributed by atoms with Gasteiger partial charge in [-0.2, -0.15) is 0 Å². The SMILES string of the molecule is CCOC(=O)C[C@H]1CCc2sc3nc[nH]c(=O)c3c21. The summed E-state index contributed by atoms with van der Waals surface area (Å²) >= 11 is 1.56. The summed E-state index contributed by atoms with van der Waals surface area (Å²) in [5.41, 5.74) is 0.903. The first kappa shape index (κ1) is 12.3. The number of nitrogens with zero attached hydrogens (tertiary/aromatic N) is 1. The van der Waals surface area contributed by atoms with Crippen molar-refractivity contribution in [3.8, 4) is 0 Å². The first-order valence-electron chi connectivity index (χ1n) is 6.35. The Morgan fingerprint density at radius 2 is 2.47 bits per heavy atom. The Hall–Kier alpha value is -1.69. The molecular weight excluding hydrogens is 264 g/mol. The molecule has 19 heavy (non-hydrogen) atoms. The maximum Gasteiger partial charge on any atom is 0.306 e. The molecule has 0 spiro atoms. The Morgan fingerprint density at radius 3 is 3.26 bits per heavy atom. The molecule has 6 heteroatoms. The predicted molar refractivity (Wildman–Crippen MR) is 72.6 cm³/mol. The lowest BCUT2D eigenvalue weighted by molar-refractivity contribution is -0.143. The smallest absolute Gasteiger partial charge is 0.306 e. The van der Waals surface area contributed by atoms with Crippen LogP contribution in [0.4, 0.5) is 0 Å². The van der Waals surface area contributed by atoms with Crippen molar-refractivity contribution in [2.75, 3.05) is 6.61 Å². The molecular formula is C13H14N2O3S. The molecule has 1 aliphatic rings. The standard InChI is InChI=1S/C13H14N2O3S/c1-2-18-9(16)5-7-3-4-8-10(7)11-12(17)14-6-15-13(11)19-8/h6-7H,2-5H2,1H3,(H,14,15,17)/t7-/m1/s1. The number of carbonyl (C=O) groups is 1. The number of nitrogens with one attached hydrogen (secondary N) is 1. The van der Waals surface area contributed by atoms with Crippen LogP contribution in [0.1, 0.15) is 36.1 Å². The highest BCUT2D eigenvalue weighted by molar-refractivity contribution is 7.18. The van der Waals surface area contributed by atoms with E-state index >= 15 is 0 Å².